The summed E-state index contributed by atoms with van der Waals surface area (Å²) in [6.45, 7) is 7.33. The number of pyridine rings is 1. The van der Waals surface area contributed by atoms with Crippen LogP contribution >= 0.6 is 0 Å². The van der Waals surface area contributed by atoms with Gasteiger partial charge in [0.2, 0.25) is 0 Å². The predicted molar refractivity (Wildman–Crippen MR) is 99.9 cm³/mol. The van der Waals surface area contributed by atoms with Crippen molar-refractivity contribution in [2.75, 3.05) is 31.2 Å². The summed E-state index contributed by atoms with van der Waals surface area (Å²) in [6, 6.07) is 15.0. The topological polar surface area (TPSA) is 41.8 Å². The molecule has 130 valence electrons. The zero-order chi connectivity index (χ0) is 17.1. The molecular weight excluding hydrogens is 312 g/mol. The van der Waals surface area contributed by atoms with E-state index in [1.807, 2.05) is 18.3 Å². The van der Waals surface area contributed by atoms with Crippen molar-refractivity contribution in [1.82, 2.24) is 14.7 Å². The number of hydrogen-bond donors (Lipinski definition) is 1. The summed E-state index contributed by atoms with van der Waals surface area (Å²) in [6.07, 6.45) is 1.96. The second-order valence-electron chi connectivity index (χ2n) is 6.48. The highest BCUT2D eigenvalue weighted by Crippen LogP contribution is 2.18. The van der Waals surface area contributed by atoms with Crippen LogP contribution in [0.1, 0.15) is 17.0 Å². The number of aryl methyl sites for hydroxylation is 1. The third-order valence-corrected chi connectivity index (χ3v) is 4.72. The number of nitrogens with zero attached hydrogens (tertiary/aromatic N) is 3. The molecule has 0 amide bonds. The summed E-state index contributed by atoms with van der Waals surface area (Å²) >= 11 is 0. The zero-order valence-electron chi connectivity index (χ0n) is 14.6. The Morgan fingerprint density at radius 1 is 1.08 bits per heavy atom. The minimum absolute atomic E-state index is 0.799. The Bertz CT molecular complexity index is 852. The summed E-state index contributed by atoms with van der Waals surface area (Å²) in [4.78, 5) is 6.87. The molecular formula is C20H24N4O. The van der Waals surface area contributed by atoms with Crippen LogP contribution in [0.15, 0.2) is 48.7 Å². The lowest BCUT2D eigenvalue weighted by atomic mass is 10.1. The Balaban J connectivity index is 1.41. The van der Waals surface area contributed by atoms with Crippen molar-refractivity contribution < 1.29 is 4.74 Å². The van der Waals surface area contributed by atoms with Crippen LogP contribution in [0.25, 0.3) is 5.65 Å². The summed E-state index contributed by atoms with van der Waals surface area (Å²) in [5.74, 6) is 0. The first kappa shape index (κ1) is 16.1. The van der Waals surface area contributed by atoms with Gasteiger partial charge < -0.3 is 19.4 Å². The minimum Gasteiger partial charge on any atom is -0.378 e. The number of anilines is 1. The van der Waals surface area contributed by atoms with Crippen molar-refractivity contribution >= 4 is 11.3 Å². The Kier molecular flexibility index (Phi) is 4.68. The number of imidazole rings is 1. The Morgan fingerprint density at radius 2 is 1.92 bits per heavy atom. The van der Waals surface area contributed by atoms with Gasteiger partial charge in [0.1, 0.15) is 5.65 Å². The highest BCUT2D eigenvalue weighted by Gasteiger charge is 2.11. The van der Waals surface area contributed by atoms with Crippen LogP contribution in [-0.2, 0) is 17.8 Å². The van der Waals surface area contributed by atoms with Gasteiger partial charge in [-0.3, -0.25) is 0 Å². The number of hydrogen-bond acceptors (Lipinski definition) is 4. The van der Waals surface area contributed by atoms with E-state index in [1.165, 1.54) is 22.6 Å². The van der Waals surface area contributed by atoms with Crippen molar-refractivity contribution in [3.63, 3.8) is 0 Å². The summed E-state index contributed by atoms with van der Waals surface area (Å²) < 4.78 is 7.65. The van der Waals surface area contributed by atoms with E-state index in [9.17, 15) is 0 Å². The van der Waals surface area contributed by atoms with Crippen LogP contribution in [0.5, 0.6) is 0 Å². The lowest BCUT2D eigenvalue weighted by molar-refractivity contribution is 0.122. The maximum absolute atomic E-state index is 5.44. The fraction of sp³-hybridized carbons (Fsp3) is 0.350. The molecule has 1 aromatic carbocycles. The molecule has 1 aliphatic heterocycles. The van der Waals surface area contributed by atoms with Crippen LogP contribution < -0.4 is 10.2 Å². The number of benzene rings is 1. The van der Waals surface area contributed by atoms with Crippen LogP contribution in [0.3, 0.4) is 0 Å². The zero-order valence-corrected chi connectivity index (χ0v) is 14.6. The van der Waals surface area contributed by atoms with Gasteiger partial charge in [0.15, 0.2) is 0 Å². The van der Waals surface area contributed by atoms with Gasteiger partial charge in [0, 0.05) is 37.6 Å². The maximum atomic E-state index is 5.44. The van der Waals surface area contributed by atoms with Crippen LogP contribution in [0, 0.1) is 6.92 Å². The number of nitrogens with one attached hydrogen (secondary N) is 1. The van der Waals surface area contributed by atoms with Gasteiger partial charge in [-0.2, -0.15) is 0 Å². The normalized spacial score (nSPS) is 15.0. The first-order chi connectivity index (χ1) is 12.3. The highest BCUT2D eigenvalue weighted by atomic mass is 16.5. The number of ether oxygens (including phenoxy) is 1. The van der Waals surface area contributed by atoms with E-state index in [0.717, 1.165) is 45.0 Å². The quantitative estimate of drug-likeness (QED) is 0.778. The Hall–Kier alpha value is -2.37. The molecule has 1 saturated heterocycles. The van der Waals surface area contributed by atoms with Crippen LogP contribution in [0.2, 0.25) is 0 Å². The van der Waals surface area contributed by atoms with Gasteiger partial charge in [-0.05, 0) is 36.8 Å². The molecule has 4 rings (SSSR count). The number of aromatic nitrogens is 2. The standard InChI is InChI=1S/C20H24N4O/c1-16-4-2-7-20-22-15-19(24(16)20)14-21-13-17-5-3-6-18(12-17)23-8-10-25-11-9-23/h2-7,12,15,21H,8-11,13-14H2,1H3. The van der Waals surface area contributed by atoms with E-state index < -0.39 is 0 Å². The largest absolute Gasteiger partial charge is 0.378 e. The molecule has 1 fully saturated rings. The second-order valence-corrected chi connectivity index (χ2v) is 6.48. The molecule has 0 spiro atoms. The summed E-state index contributed by atoms with van der Waals surface area (Å²) in [5.41, 5.74) is 5.99. The smallest absolute Gasteiger partial charge is 0.137 e. The predicted octanol–water partition coefficient (Wildman–Crippen LogP) is 2.77. The molecule has 0 aliphatic carbocycles. The summed E-state index contributed by atoms with van der Waals surface area (Å²) in [7, 11) is 0. The molecule has 1 N–H and O–H groups in total. The number of fused-ring (bicyclic) bond motifs is 1. The third kappa shape index (κ3) is 3.52. The van der Waals surface area contributed by atoms with E-state index in [2.05, 4.69) is 56.9 Å². The molecule has 0 unspecified atom stereocenters. The molecule has 25 heavy (non-hydrogen) atoms. The van der Waals surface area contributed by atoms with Gasteiger partial charge >= 0.3 is 0 Å². The molecule has 3 aromatic rings. The minimum atomic E-state index is 0.799. The first-order valence-corrected chi connectivity index (χ1v) is 8.85. The van der Waals surface area contributed by atoms with Gasteiger partial charge in [-0.25, -0.2) is 4.98 Å². The Labute approximate surface area is 148 Å². The summed E-state index contributed by atoms with van der Waals surface area (Å²) in [5, 5.41) is 3.55. The highest BCUT2D eigenvalue weighted by molar-refractivity contribution is 5.49. The number of rotatable bonds is 5. The van der Waals surface area contributed by atoms with Gasteiger partial charge in [-0.15, -0.1) is 0 Å². The molecule has 0 atom stereocenters. The molecule has 5 nitrogen and oxygen atoms in total. The van der Waals surface area contributed by atoms with Gasteiger partial charge in [-0.1, -0.05) is 18.2 Å². The van der Waals surface area contributed by atoms with Gasteiger partial charge in [0.05, 0.1) is 25.1 Å². The third-order valence-electron chi connectivity index (χ3n) is 4.72. The first-order valence-electron chi connectivity index (χ1n) is 8.85. The van der Waals surface area contributed by atoms with Crippen LogP contribution in [0.4, 0.5) is 5.69 Å². The van der Waals surface area contributed by atoms with Gasteiger partial charge in [0.25, 0.3) is 0 Å². The monoisotopic (exact) mass is 336 g/mol. The Morgan fingerprint density at radius 3 is 2.80 bits per heavy atom. The van der Waals surface area contributed by atoms with E-state index in [-0.39, 0.29) is 0 Å². The van der Waals surface area contributed by atoms with Crippen LogP contribution in [-0.4, -0.2) is 35.7 Å². The second kappa shape index (κ2) is 7.25. The van der Waals surface area contributed by atoms with E-state index >= 15 is 0 Å². The molecule has 0 saturated carbocycles. The van der Waals surface area contributed by atoms with Crippen molar-refractivity contribution in [2.45, 2.75) is 20.0 Å². The SMILES string of the molecule is Cc1cccc2ncc(CNCc3cccc(N4CCOCC4)c3)n12. The molecule has 3 heterocycles. The van der Waals surface area contributed by atoms with Crippen molar-refractivity contribution in [2.24, 2.45) is 0 Å². The van der Waals surface area contributed by atoms with Crippen molar-refractivity contribution in [3.8, 4) is 0 Å². The molecule has 0 radical (unpaired) electrons. The van der Waals surface area contributed by atoms with Crippen molar-refractivity contribution in [1.29, 1.82) is 0 Å². The fourth-order valence-electron chi connectivity index (χ4n) is 3.42. The maximum Gasteiger partial charge on any atom is 0.137 e. The number of morpholine rings is 1. The lowest BCUT2D eigenvalue weighted by Crippen LogP contribution is -2.36. The molecule has 0 bridgehead atoms. The average molecular weight is 336 g/mol. The van der Waals surface area contributed by atoms with Crippen molar-refractivity contribution in [3.05, 3.63) is 65.6 Å². The average Bonchev–Trinajstić information content (AvgIpc) is 3.07. The van der Waals surface area contributed by atoms with E-state index in [4.69, 9.17) is 4.74 Å². The molecule has 1 aliphatic rings. The molecule has 5 heteroatoms. The van der Waals surface area contributed by atoms with E-state index in [1.54, 1.807) is 0 Å². The molecule has 2 aromatic heterocycles. The van der Waals surface area contributed by atoms with E-state index in [0.29, 0.717) is 0 Å². The fourth-order valence-corrected chi connectivity index (χ4v) is 3.42. The lowest BCUT2D eigenvalue weighted by Gasteiger charge is -2.29.